The van der Waals surface area contributed by atoms with Crippen molar-refractivity contribution in [1.82, 2.24) is 0 Å². The van der Waals surface area contributed by atoms with Crippen LogP contribution < -0.4 is 10.1 Å². The van der Waals surface area contributed by atoms with Crippen molar-refractivity contribution in [2.24, 2.45) is 5.92 Å². The van der Waals surface area contributed by atoms with Gasteiger partial charge in [0.25, 0.3) is 5.91 Å². The van der Waals surface area contributed by atoms with Crippen LogP contribution in [0, 0.1) is 19.8 Å². The number of amides is 1. The number of esters is 1. The van der Waals surface area contributed by atoms with Gasteiger partial charge in [-0.3, -0.25) is 4.79 Å². The van der Waals surface area contributed by atoms with Crippen molar-refractivity contribution in [1.29, 1.82) is 0 Å². The lowest BCUT2D eigenvalue weighted by atomic mass is 9.88. The van der Waals surface area contributed by atoms with Gasteiger partial charge in [-0.25, -0.2) is 4.79 Å². The van der Waals surface area contributed by atoms with Gasteiger partial charge in [-0.15, -0.1) is 11.3 Å². The molecule has 0 saturated carbocycles. The van der Waals surface area contributed by atoms with Crippen LogP contribution >= 0.6 is 22.9 Å². The number of hydrogen-bond acceptors (Lipinski definition) is 5. The minimum Gasteiger partial charge on any atom is -0.484 e. The van der Waals surface area contributed by atoms with Crippen molar-refractivity contribution < 1.29 is 19.1 Å². The van der Waals surface area contributed by atoms with Crippen LogP contribution in [0.3, 0.4) is 0 Å². The molecule has 2 aromatic rings. The van der Waals surface area contributed by atoms with E-state index in [9.17, 15) is 9.59 Å². The molecule has 7 heteroatoms. The molecular formula is C21H24ClNO4S. The molecule has 1 amide bonds. The molecule has 150 valence electrons. The minimum atomic E-state index is -0.410. The third kappa shape index (κ3) is 4.33. The highest BCUT2D eigenvalue weighted by Crippen LogP contribution is 2.40. The Labute approximate surface area is 174 Å². The van der Waals surface area contributed by atoms with Gasteiger partial charge in [0.05, 0.1) is 12.7 Å². The van der Waals surface area contributed by atoms with Gasteiger partial charge in [-0.2, -0.15) is 0 Å². The summed E-state index contributed by atoms with van der Waals surface area (Å²) in [6.07, 6.45) is 2.77. The third-order valence-corrected chi connectivity index (χ3v) is 6.70. The Morgan fingerprint density at radius 1 is 1.29 bits per heavy atom. The molecule has 0 aliphatic heterocycles. The van der Waals surface area contributed by atoms with E-state index in [4.69, 9.17) is 21.1 Å². The largest absolute Gasteiger partial charge is 0.484 e. The zero-order valence-corrected chi connectivity index (χ0v) is 18.1. The second-order valence-corrected chi connectivity index (χ2v) is 8.74. The Bertz CT molecular complexity index is 898. The predicted molar refractivity (Wildman–Crippen MR) is 112 cm³/mol. The fourth-order valence-electron chi connectivity index (χ4n) is 3.46. The first-order valence-electron chi connectivity index (χ1n) is 9.22. The number of anilines is 1. The topological polar surface area (TPSA) is 64.6 Å². The summed E-state index contributed by atoms with van der Waals surface area (Å²) in [6.45, 7) is 5.83. The molecular weight excluding hydrogens is 398 g/mol. The summed E-state index contributed by atoms with van der Waals surface area (Å²) in [5.74, 6) is 0.427. The van der Waals surface area contributed by atoms with Crippen molar-refractivity contribution in [3.63, 3.8) is 0 Å². The van der Waals surface area contributed by atoms with Crippen LogP contribution in [0.25, 0.3) is 0 Å². The van der Waals surface area contributed by atoms with E-state index in [0.29, 0.717) is 27.3 Å². The molecule has 1 aromatic carbocycles. The van der Waals surface area contributed by atoms with E-state index in [0.717, 1.165) is 40.8 Å². The first kappa shape index (κ1) is 20.7. The number of methoxy groups -OCH3 is 1. The zero-order chi connectivity index (χ0) is 20.4. The first-order chi connectivity index (χ1) is 13.3. The Kier molecular flexibility index (Phi) is 6.30. The molecule has 0 bridgehead atoms. The smallest absolute Gasteiger partial charge is 0.341 e. The minimum absolute atomic E-state index is 0.153. The summed E-state index contributed by atoms with van der Waals surface area (Å²) >= 11 is 7.62. The lowest BCUT2D eigenvalue weighted by Crippen LogP contribution is -2.21. The molecule has 1 aromatic heterocycles. The van der Waals surface area contributed by atoms with Gasteiger partial charge in [-0.1, -0.05) is 18.5 Å². The van der Waals surface area contributed by atoms with Crippen LogP contribution in [0.5, 0.6) is 5.75 Å². The Morgan fingerprint density at radius 2 is 1.96 bits per heavy atom. The molecule has 3 rings (SSSR count). The number of aryl methyl sites for hydroxylation is 2. The SMILES string of the molecule is COC(=O)c1c(NC(=O)COc2cc(C)c(Cl)c(C)c2)sc2c1CCC(C)C2. The summed E-state index contributed by atoms with van der Waals surface area (Å²) in [5.41, 5.74) is 3.28. The van der Waals surface area contributed by atoms with E-state index in [2.05, 4.69) is 12.2 Å². The van der Waals surface area contributed by atoms with Gasteiger partial charge in [0, 0.05) is 9.90 Å². The normalized spacial score (nSPS) is 15.7. The van der Waals surface area contributed by atoms with Crippen molar-refractivity contribution in [3.05, 3.63) is 44.3 Å². The molecule has 5 nitrogen and oxygen atoms in total. The fraction of sp³-hybridized carbons (Fsp3) is 0.429. The maximum absolute atomic E-state index is 12.5. The van der Waals surface area contributed by atoms with Crippen molar-refractivity contribution in [2.45, 2.75) is 40.0 Å². The quantitative estimate of drug-likeness (QED) is 0.694. The highest BCUT2D eigenvalue weighted by Gasteiger charge is 2.28. The lowest BCUT2D eigenvalue weighted by molar-refractivity contribution is -0.118. The van der Waals surface area contributed by atoms with Crippen LogP contribution in [0.4, 0.5) is 5.00 Å². The number of fused-ring (bicyclic) bond motifs is 1. The third-order valence-electron chi connectivity index (χ3n) is 4.93. The molecule has 1 unspecified atom stereocenters. The monoisotopic (exact) mass is 421 g/mol. The van der Waals surface area contributed by atoms with Crippen molar-refractivity contribution in [3.8, 4) is 5.75 Å². The fourth-order valence-corrected chi connectivity index (χ4v) is 4.98. The van der Waals surface area contributed by atoms with E-state index in [-0.39, 0.29) is 12.5 Å². The number of ether oxygens (including phenoxy) is 2. The van der Waals surface area contributed by atoms with Crippen LogP contribution in [0.15, 0.2) is 12.1 Å². The van der Waals surface area contributed by atoms with Gasteiger partial charge in [0.2, 0.25) is 0 Å². The Balaban J connectivity index is 1.74. The van der Waals surface area contributed by atoms with E-state index in [1.807, 2.05) is 13.8 Å². The average Bonchev–Trinajstić information content (AvgIpc) is 3.00. The molecule has 1 N–H and O–H groups in total. The van der Waals surface area contributed by atoms with Gasteiger partial charge in [-0.05, 0) is 67.9 Å². The summed E-state index contributed by atoms with van der Waals surface area (Å²) in [5, 5.41) is 4.07. The van der Waals surface area contributed by atoms with Crippen molar-refractivity contribution >= 4 is 39.8 Å². The molecule has 0 spiro atoms. The second kappa shape index (κ2) is 8.53. The standard InChI is InChI=1S/C21H24ClNO4S/c1-11-5-6-15-16(7-11)28-20(18(15)21(25)26-4)23-17(24)10-27-14-8-12(2)19(22)13(3)9-14/h8-9,11H,5-7,10H2,1-4H3,(H,23,24). The molecule has 1 heterocycles. The zero-order valence-electron chi connectivity index (χ0n) is 16.5. The summed E-state index contributed by atoms with van der Waals surface area (Å²) < 4.78 is 10.6. The molecule has 1 aliphatic rings. The van der Waals surface area contributed by atoms with E-state index < -0.39 is 5.97 Å². The van der Waals surface area contributed by atoms with E-state index in [1.54, 1.807) is 12.1 Å². The Morgan fingerprint density at radius 3 is 2.61 bits per heavy atom. The number of hydrogen-bond donors (Lipinski definition) is 1. The molecule has 0 radical (unpaired) electrons. The molecule has 0 saturated heterocycles. The van der Waals surface area contributed by atoms with Gasteiger partial charge >= 0.3 is 5.97 Å². The maximum atomic E-state index is 12.5. The summed E-state index contributed by atoms with van der Waals surface area (Å²) in [4.78, 5) is 25.9. The second-order valence-electron chi connectivity index (χ2n) is 7.26. The predicted octanol–water partition coefficient (Wildman–Crippen LogP) is 4.95. The average molecular weight is 422 g/mol. The lowest BCUT2D eigenvalue weighted by Gasteiger charge is -2.18. The van der Waals surface area contributed by atoms with E-state index in [1.165, 1.54) is 18.4 Å². The number of benzene rings is 1. The summed E-state index contributed by atoms with van der Waals surface area (Å²) in [6, 6.07) is 3.60. The highest BCUT2D eigenvalue weighted by atomic mass is 35.5. The molecule has 1 atom stereocenters. The molecule has 0 fully saturated rings. The number of carbonyl (C=O) groups excluding carboxylic acids is 2. The van der Waals surface area contributed by atoms with Crippen molar-refractivity contribution in [2.75, 3.05) is 19.0 Å². The van der Waals surface area contributed by atoms with Gasteiger partial charge in [0.15, 0.2) is 6.61 Å². The van der Waals surface area contributed by atoms with Crippen LogP contribution in [0.2, 0.25) is 5.02 Å². The van der Waals surface area contributed by atoms with Gasteiger partial charge in [0.1, 0.15) is 10.8 Å². The van der Waals surface area contributed by atoms with Crippen LogP contribution in [-0.2, 0) is 22.4 Å². The number of rotatable bonds is 5. The number of thiophene rings is 1. The number of carbonyl (C=O) groups is 2. The molecule has 1 aliphatic carbocycles. The number of nitrogens with one attached hydrogen (secondary N) is 1. The Hall–Kier alpha value is -2.05. The van der Waals surface area contributed by atoms with Gasteiger partial charge < -0.3 is 14.8 Å². The summed E-state index contributed by atoms with van der Waals surface area (Å²) in [7, 11) is 1.36. The number of halogens is 1. The maximum Gasteiger partial charge on any atom is 0.341 e. The first-order valence-corrected chi connectivity index (χ1v) is 10.4. The van der Waals surface area contributed by atoms with Crippen LogP contribution in [-0.4, -0.2) is 25.6 Å². The van der Waals surface area contributed by atoms with Crippen LogP contribution in [0.1, 0.15) is 45.3 Å². The van der Waals surface area contributed by atoms with E-state index >= 15 is 0 Å². The molecule has 28 heavy (non-hydrogen) atoms. The highest BCUT2D eigenvalue weighted by molar-refractivity contribution is 7.17.